The average molecular weight is 356 g/mol. The van der Waals surface area contributed by atoms with E-state index in [0.29, 0.717) is 24.5 Å². The van der Waals surface area contributed by atoms with Gasteiger partial charge in [-0.15, -0.1) is 0 Å². The molecular formula is C18H28ClN2O3+. The van der Waals surface area contributed by atoms with Crippen LogP contribution in [0.4, 0.5) is 0 Å². The van der Waals surface area contributed by atoms with Gasteiger partial charge in [-0.25, -0.2) is 0 Å². The molecule has 6 heteroatoms. The summed E-state index contributed by atoms with van der Waals surface area (Å²) in [6.45, 7) is 8.22. The van der Waals surface area contributed by atoms with Crippen molar-refractivity contribution in [2.24, 2.45) is 0 Å². The summed E-state index contributed by atoms with van der Waals surface area (Å²) in [5.74, 6) is 0.928. The molecule has 1 saturated heterocycles. The zero-order valence-electron chi connectivity index (χ0n) is 14.4. The number of nitrogens with one attached hydrogen (secondary N) is 2. The minimum atomic E-state index is 0.100. The van der Waals surface area contributed by atoms with E-state index in [-0.39, 0.29) is 5.91 Å². The second-order valence-electron chi connectivity index (χ2n) is 6.18. The Kier molecular flexibility index (Phi) is 8.36. The highest BCUT2D eigenvalue weighted by molar-refractivity contribution is 6.30. The van der Waals surface area contributed by atoms with Gasteiger partial charge in [-0.2, -0.15) is 0 Å². The Morgan fingerprint density at radius 1 is 1.33 bits per heavy atom. The van der Waals surface area contributed by atoms with Gasteiger partial charge in [0.25, 0.3) is 0 Å². The molecule has 0 aliphatic carbocycles. The van der Waals surface area contributed by atoms with Crippen molar-refractivity contribution in [2.75, 3.05) is 46.0 Å². The molecule has 5 nitrogen and oxygen atoms in total. The largest absolute Gasteiger partial charge is 0.493 e. The molecule has 1 aromatic rings. The lowest BCUT2D eigenvalue weighted by Gasteiger charge is -2.23. The molecule has 0 bridgehead atoms. The second kappa shape index (κ2) is 10.5. The third kappa shape index (κ3) is 7.07. The first-order chi connectivity index (χ1) is 11.6. The van der Waals surface area contributed by atoms with Crippen LogP contribution >= 0.6 is 11.6 Å². The van der Waals surface area contributed by atoms with Crippen LogP contribution in [0.15, 0.2) is 18.2 Å². The van der Waals surface area contributed by atoms with E-state index in [4.69, 9.17) is 21.1 Å². The quantitative estimate of drug-likeness (QED) is 0.655. The van der Waals surface area contributed by atoms with Crippen molar-refractivity contribution in [1.29, 1.82) is 0 Å². The van der Waals surface area contributed by atoms with Crippen molar-refractivity contribution in [3.63, 3.8) is 0 Å². The fourth-order valence-corrected chi connectivity index (χ4v) is 2.98. The summed E-state index contributed by atoms with van der Waals surface area (Å²) in [5, 5.41) is 3.69. The lowest BCUT2D eigenvalue weighted by atomic mass is 10.2. The molecule has 0 spiro atoms. The molecule has 0 unspecified atom stereocenters. The summed E-state index contributed by atoms with van der Waals surface area (Å²) in [7, 11) is 0. The van der Waals surface area contributed by atoms with Crippen LogP contribution in [-0.2, 0) is 9.53 Å². The lowest BCUT2D eigenvalue weighted by molar-refractivity contribution is -0.908. The smallest absolute Gasteiger partial charge is 0.220 e. The van der Waals surface area contributed by atoms with Crippen molar-refractivity contribution in [2.45, 2.75) is 26.2 Å². The van der Waals surface area contributed by atoms with E-state index in [9.17, 15) is 4.79 Å². The predicted octanol–water partition coefficient (Wildman–Crippen LogP) is 1.23. The highest BCUT2D eigenvalue weighted by Gasteiger charge is 2.12. The molecule has 2 N–H and O–H groups in total. The normalized spacial score (nSPS) is 15.2. The maximum absolute atomic E-state index is 11.8. The number of carbonyl (C=O) groups is 1. The van der Waals surface area contributed by atoms with Gasteiger partial charge in [-0.05, 0) is 37.1 Å². The number of hydrogen-bond donors (Lipinski definition) is 2. The summed E-state index contributed by atoms with van der Waals surface area (Å²) < 4.78 is 11.0. The molecule has 1 aliphatic rings. The lowest BCUT2D eigenvalue weighted by Crippen LogP contribution is -3.14. The maximum Gasteiger partial charge on any atom is 0.220 e. The Labute approximate surface area is 149 Å². The molecule has 0 radical (unpaired) electrons. The number of quaternary nitrogens is 1. The van der Waals surface area contributed by atoms with Crippen LogP contribution in [0.3, 0.4) is 0 Å². The van der Waals surface area contributed by atoms with Gasteiger partial charge in [0.1, 0.15) is 18.8 Å². The van der Waals surface area contributed by atoms with Crippen LogP contribution in [-0.4, -0.2) is 51.9 Å². The summed E-state index contributed by atoms with van der Waals surface area (Å²) >= 11 is 5.91. The van der Waals surface area contributed by atoms with Crippen molar-refractivity contribution < 1.29 is 19.2 Å². The predicted molar refractivity (Wildman–Crippen MR) is 94.9 cm³/mol. The maximum atomic E-state index is 11.8. The molecule has 0 atom stereocenters. The first kappa shape index (κ1) is 19.0. The van der Waals surface area contributed by atoms with E-state index in [1.165, 1.54) is 0 Å². The third-order valence-electron chi connectivity index (χ3n) is 4.17. The summed E-state index contributed by atoms with van der Waals surface area (Å²) in [6, 6.07) is 5.55. The number of aryl methyl sites for hydroxylation is 1. The number of carbonyl (C=O) groups excluding carboxylic acids is 1. The first-order valence-corrected chi connectivity index (χ1v) is 9.10. The molecule has 1 amide bonds. The first-order valence-electron chi connectivity index (χ1n) is 8.72. The molecule has 1 fully saturated rings. The molecule has 1 heterocycles. The van der Waals surface area contributed by atoms with Gasteiger partial charge in [0.15, 0.2) is 0 Å². The number of hydrogen-bond acceptors (Lipinski definition) is 3. The Balaban J connectivity index is 1.50. The van der Waals surface area contributed by atoms with Crippen molar-refractivity contribution >= 4 is 17.5 Å². The van der Waals surface area contributed by atoms with Crippen molar-refractivity contribution in [3.05, 3.63) is 28.8 Å². The summed E-state index contributed by atoms with van der Waals surface area (Å²) in [6.07, 6.45) is 2.22. The van der Waals surface area contributed by atoms with Crippen LogP contribution in [0.1, 0.15) is 24.8 Å². The number of ether oxygens (including phenoxy) is 2. The van der Waals surface area contributed by atoms with Gasteiger partial charge in [0.2, 0.25) is 5.91 Å². The number of rotatable bonds is 9. The van der Waals surface area contributed by atoms with Gasteiger partial charge in [0.05, 0.1) is 26.4 Å². The molecular weight excluding hydrogens is 328 g/mol. The molecule has 24 heavy (non-hydrogen) atoms. The van der Waals surface area contributed by atoms with Crippen molar-refractivity contribution in [1.82, 2.24) is 5.32 Å². The molecule has 0 saturated carbocycles. The summed E-state index contributed by atoms with van der Waals surface area (Å²) in [5.41, 5.74) is 1.01. The Morgan fingerprint density at radius 2 is 2.12 bits per heavy atom. The van der Waals surface area contributed by atoms with E-state index in [0.717, 1.165) is 57.1 Å². The standard InChI is InChI=1S/C18H27ClN2O3/c1-15-14-16(19)5-6-17(15)24-11-2-4-18(22)20-7-3-8-21-9-12-23-13-10-21/h5-6,14H,2-4,7-13H2,1H3,(H,20,22)/p+1. The fourth-order valence-electron chi connectivity index (χ4n) is 2.75. The minimum absolute atomic E-state index is 0.100. The summed E-state index contributed by atoms with van der Waals surface area (Å²) in [4.78, 5) is 13.4. The molecule has 2 rings (SSSR count). The van der Waals surface area contributed by atoms with Gasteiger partial charge in [-0.1, -0.05) is 11.6 Å². The van der Waals surface area contributed by atoms with Gasteiger partial charge in [0, 0.05) is 24.4 Å². The Morgan fingerprint density at radius 3 is 2.88 bits per heavy atom. The monoisotopic (exact) mass is 355 g/mol. The number of morpholine rings is 1. The third-order valence-corrected chi connectivity index (χ3v) is 4.41. The zero-order chi connectivity index (χ0) is 17.2. The molecule has 134 valence electrons. The number of amides is 1. The average Bonchev–Trinajstić information content (AvgIpc) is 2.58. The van der Waals surface area contributed by atoms with Crippen LogP contribution in [0.25, 0.3) is 0 Å². The fraction of sp³-hybridized carbons (Fsp3) is 0.611. The van der Waals surface area contributed by atoms with Crippen LogP contribution in [0, 0.1) is 6.92 Å². The van der Waals surface area contributed by atoms with E-state index in [1.54, 1.807) is 4.90 Å². The number of halogens is 1. The molecule has 1 aromatic carbocycles. The van der Waals surface area contributed by atoms with Crippen LogP contribution in [0.5, 0.6) is 5.75 Å². The minimum Gasteiger partial charge on any atom is -0.493 e. The molecule has 0 aromatic heterocycles. The van der Waals surface area contributed by atoms with Gasteiger partial charge in [-0.3, -0.25) is 4.79 Å². The molecule has 1 aliphatic heterocycles. The van der Waals surface area contributed by atoms with Gasteiger partial charge < -0.3 is 19.7 Å². The Hall–Kier alpha value is -1.30. The van der Waals surface area contributed by atoms with E-state index in [2.05, 4.69) is 5.32 Å². The SMILES string of the molecule is Cc1cc(Cl)ccc1OCCCC(=O)NCCC[NH+]1CCOCC1. The zero-order valence-corrected chi connectivity index (χ0v) is 15.2. The Bertz CT molecular complexity index is 519. The van der Waals surface area contributed by atoms with E-state index >= 15 is 0 Å². The van der Waals surface area contributed by atoms with Crippen LogP contribution in [0.2, 0.25) is 5.02 Å². The van der Waals surface area contributed by atoms with E-state index in [1.807, 2.05) is 25.1 Å². The van der Waals surface area contributed by atoms with Crippen LogP contribution < -0.4 is 15.0 Å². The highest BCUT2D eigenvalue weighted by Crippen LogP contribution is 2.21. The highest BCUT2D eigenvalue weighted by atomic mass is 35.5. The number of benzene rings is 1. The topological polar surface area (TPSA) is 52.0 Å². The van der Waals surface area contributed by atoms with Gasteiger partial charge >= 0.3 is 0 Å². The van der Waals surface area contributed by atoms with Crippen molar-refractivity contribution in [3.8, 4) is 5.75 Å². The second-order valence-corrected chi connectivity index (χ2v) is 6.61. The van der Waals surface area contributed by atoms with E-state index < -0.39 is 0 Å².